The van der Waals surface area contributed by atoms with Crippen LogP contribution in [-0.4, -0.2) is 10.9 Å². The second-order valence-corrected chi connectivity index (χ2v) is 4.58. The first-order chi connectivity index (χ1) is 6.79. The molecular weight excluding hydrogens is 192 g/mol. The summed E-state index contributed by atoms with van der Waals surface area (Å²) in [6, 6.07) is 6.53. The number of rotatable bonds is 3. The quantitative estimate of drug-likeness (QED) is 0.837. The van der Waals surface area contributed by atoms with Crippen molar-refractivity contribution in [2.45, 2.75) is 13.3 Å². The highest BCUT2D eigenvalue weighted by molar-refractivity contribution is 7.13. The molecule has 2 N–H and O–H groups in total. The number of hydrogen-bond donors (Lipinski definition) is 1. The Hall–Kier alpha value is -0.930. The van der Waals surface area contributed by atoms with E-state index in [1.807, 2.05) is 6.20 Å². The molecular formula is C11H14N2S. The minimum atomic E-state index is 0.555. The van der Waals surface area contributed by atoms with Crippen LogP contribution in [-0.2, 0) is 6.42 Å². The highest BCUT2D eigenvalue weighted by Crippen LogP contribution is 2.20. The molecule has 0 saturated heterocycles. The van der Waals surface area contributed by atoms with E-state index >= 15 is 0 Å². The molecule has 0 aliphatic rings. The molecule has 0 spiro atoms. The van der Waals surface area contributed by atoms with Crippen LogP contribution in [0.3, 0.4) is 0 Å². The molecule has 0 amide bonds. The summed E-state index contributed by atoms with van der Waals surface area (Å²) < 4.78 is 5.42. The van der Waals surface area contributed by atoms with Crippen molar-refractivity contribution in [3.8, 4) is 0 Å². The second kappa shape index (κ2) is 4.07. The molecule has 1 atom stereocenters. The van der Waals surface area contributed by atoms with Crippen LogP contribution in [0.2, 0.25) is 0 Å². The molecule has 1 unspecified atom stereocenters. The normalized spacial score (nSPS) is 13.3. The Kier molecular flexibility index (Phi) is 2.79. The minimum absolute atomic E-state index is 0.555. The maximum Gasteiger partial charge on any atom is 0.0550 e. The van der Waals surface area contributed by atoms with Crippen molar-refractivity contribution in [3.05, 3.63) is 30.0 Å². The number of benzene rings is 1. The van der Waals surface area contributed by atoms with Crippen LogP contribution in [0.25, 0.3) is 10.1 Å². The van der Waals surface area contributed by atoms with Crippen molar-refractivity contribution < 1.29 is 0 Å². The van der Waals surface area contributed by atoms with Crippen molar-refractivity contribution >= 4 is 21.6 Å². The van der Waals surface area contributed by atoms with Crippen LogP contribution in [0, 0.1) is 5.92 Å². The third-order valence-electron chi connectivity index (χ3n) is 2.40. The maximum absolute atomic E-state index is 5.60. The summed E-state index contributed by atoms with van der Waals surface area (Å²) in [5.41, 5.74) is 6.96. The Balaban J connectivity index is 2.25. The van der Waals surface area contributed by atoms with Crippen LogP contribution < -0.4 is 5.73 Å². The van der Waals surface area contributed by atoms with Gasteiger partial charge in [-0.2, -0.15) is 4.37 Å². The van der Waals surface area contributed by atoms with Crippen molar-refractivity contribution in [1.82, 2.24) is 4.37 Å². The molecule has 0 fully saturated rings. The van der Waals surface area contributed by atoms with Gasteiger partial charge in [0.1, 0.15) is 0 Å². The number of aromatic nitrogens is 1. The van der Waals surface area contributed by atoms with Crippen molar-refractivity contribution in [3.63, 3.8) is 0 Å². The number of fused-ring (bicyclic) bond motifs is 1. The zero-order chi connectivity index (χ0) is 9.97. The summed E-state index contributed by atoms with van der Waals surface area (Å²) >= 11 is 1.55. The number of nitrogens with two attached hydrogens (primary N) is 1. The third kappa shape index (κ3) is 1.94. The van der Waals surface area contributed by atoms with Crippen molar-refractivity contribution in [1.29, 1.82) is 0 Å². The lowest BCUT2D eigenvalue weighted by molar-refractivity contribution is 0.593. The molecule has 74 valence electrons. The van der Waals surface area contributed by atoms with Crippen molar-refractivity contribution in [2.24, 2.45) is 11.7 Å². The summed E-state index contributed by atoms with van der Waals surface area (Å²) in [6.07, 6.45) is 2.99. The fourth-order valence-corrected chi connectivity index (χ4v) is 2.16. The number of nitrogens with zero attached hydrogens (tertiary/aromatic N) is 1. The summed E-state index contributed by atoms with van der Waals surface area (Å²) in [5.74, 6) is 0.555. The van der Waals surface area contributed by atoms with E-state index in [1.54, 1.807) is 11.5 Å². The Morgan fingerprint density at radius 3 is 3.14 bits per heavy atom. The van der Waals surface area contributed by atoms with Gasteiger partial charge in [0.05, 0.1) is 4.70 Å². The standard InChI is InChI=1S/C11H14N2S/c1-8(6-12)4-9-2-3-11-10(5-9)7-13-14-11/h2-3,5,7-8H,4,6,12H2,1H3. The van der Waals surface area contributed by atoms with Gasteiger partial charge in [-0.15, -0.1) is 0 Å². The van der Waals surface area contributed by atoms with E-state index in [9.17, 15) is 0 Å². The molecule has 2 aromatic rings. The summed E-state index contributed by atoms with van der Waals surface area (Å²) in [5, 5.41) is 1.25. The second-order valence-electron chi connectivity index (χ2n) is 3.74. The molecule has 0 aliphatic heterocycles. The van der Waals surface area contributed by atoms with Crippen LogP contribution in [0.4, 0.5) is 0 Å². The Labute approximate surface area is 87.9 Å². The SMILES string of the molecule is CC(CN)Cc1ccc2sncc2c1. The lowest BCUT2D eigenvalue weighted by Gasteiger charge is -2.07. The van der Waals surface area contributed by atoms with Gasteiger partial charge in [0.2, 0.25) is 0 Å². The monoisotopic (exact) mass is 206 g/mol. The Morgan fingerprint density at radius 1 is 1.50 bits per heavy atom. The average Bonchev–Trinajstić information content (AvgIpc) is 2.64. The van der Waals surface area contributed by atoms with Gasteiger partial charge in [-0.05, 0) is 48.1 Å². The molecule has 3 heteroatoms. The first-order valence-corrected chi connectivity index (χ1v) is 5.60. The summed E-state index contributed by atoms with van der Waals surface area (Å²) in [7, 11) is 0. The van der Waals surface area contributed by atoms with Gasteiger partial charge in [-0.3, -0.25) is 0 Å². The van der Waals surface area contributed by atoms with Gasteiger partial charge >= 0.3 is 0 Å². The molecule has 0 aliphatic carbocycles. The van der Waals surface area contributed by atoms with E-state index in [1.165, 1.54) is 15.6 Å². The highest BCUT2D eigenvalue weighted by atomic mass is 32.1. The summed E-state index contributed by atoms with van der Waals surface area (Å²) in [4.78, 5) is 0. The lowest BCUT2D eigenvalue weighted by Crippen LogP contribution is -2.12. The largest absolute Gasteiger partial charge is 0.330 e. The Bertz CT molecular complexity index is 422. The predicted molar refractivity (Wildman–Crippen MR) is 61.5 cm³/mol. The predicted octanol–water partition coefficient (Wildman–Crippen LogP) is 2.43. The zero-order valence-corrected chi connectivity index (χ0v) is 9.05. The van der Waals surface area contributed by atoms with Crippen LogP contribution in [0.5, 0.6) is 0 Å². The first-order valence-electron chi connectivity index (χ1n) is 4.83. The van der Waals surface area contributed by atoms with E-state index in [0.29, 0.717) is 5.92 Å². The summed E-state index contributed by atoms with van der Waals surface area (Å²) in [6.45, 7) is 2.93. The van der Waals surface area contributed by atoms with Gasteiger partial charge in [-0.1, -0.05) is 13.0 Å². The molecule has 2 rings (SSSR count). The fraction of sp³-hybridized carbons (Fsp3) is 0.364. The molecule has 0 saturated carbocycles. The van der Waals surface area contributed by atoms with Crippen molar-refractivity contribution in [2.75, 3.05) is 6.54 Å². The molecule has 2 nitrogen and oxygen atoms in total. The van der Waals surface area contributed by atoms with Gasteiger partial charge in [0, 0.05) is 11.6 Å². The molecule has 1 aromatic heterocycles. The molecule has 0 bridgehead atoms. The maximum atomic E-state index is 5.60. The third-order valence-corrected chi connectivity index (χ3v) is 3.18. The fourth-order valence-electron chi connectivity index (χ4n) is 1.53. The average molecular weight is 206 g/mol. The van der Waals surface area contributed by atoms with Gasteiger partial charge in [-0.25, -0.2) is 0 Å². The molecule has 0 radical (unpaired) electrons. The van der Waals surface area contributed by atoms with E-state index in [-0.39, 0.29) is 0 Å². The Morgan fingerprint density at radius 2 is 2.36 bits per heavy atom. The van der Waals surface area contributed by atoms with Crippen LogP contribution >= 0.6 is 11.5 Å². The van der Waals surface area contributed by atoms with Crippen LogP contribution in [0.15, 0.2) is 24.4 Å². The van der Waals surface area contributed by atoms with E-state index < -0.39 is 0 Å². The highest BCUT2D eigenvalue weighted by Gasteiger charge is 2.03. The molecule has 14 heavy (non-hydrogen) atoms. The van der Waals surface area contributed by atoms with E-state index in [4.69, 9.17) is 5.73 Å². The molecule has 1 heterocycles. The topological polar surface area (TPSA) is 38.9 Å². The van der Waals surface area contributed by atoms with Crippen LogP contribution in [0.1, 0.15) is 12.5 Å². The molecule has 1 aromatic carbocycles. The zero-order valence-electron chi connectivity index (χ0n) is 8.23. The van der Waals surface area contributed by atoms with Gasteiger partial charge in [0.15, 0.2) is 0 Å². The van der Waals surface area contributed by atoms with Gasteiger partial charge in [0.25, 0.3) is 0 Å². The lowest BCUT2D eigenvalue weighted by atomic mass is 10.0. The number of hydrogen-bond acceptors (Lipinski definition) is 3. The van der Waals surface area contributed by atoms with Gasteiger partial charge < -0.3 is 5.73 Å². The van der Waals surface area contributed by atoms with E-state index in [0.717, 1.165) is 13.0 Å². The smallest absolute Gasteiger partial charge is 0.0550 e. The van der Waals surface area contributed by atoms with E-state index in [2.05, 4.69) is 29.5 Å². The minimum Gasteiger partial charge on any atom is -0.330 e. The first kappa shape index (κ1) is 9.62.